The molecule has 0 saturated heterocycles. The molecule has 0 nitrogen and oxygen atoms in total. The Balaban J connectivity index is 0.00000176. The molecule has 0 aliphatic heterocycles. The molecule has 1 aliphatic rings. The van der Waals surface area contributed by atoms with Crippen LogP contribution in [0, 0.1) is 0 Å². The number of allylic oxidation sites excluding steroid dienone is 4. The Morgan fingerprint density at radius 3 is 1.54 bits per heavy atom. The smallest absolute Gasteiger partial charge is 1.00 e. The van der Waals surface area contributed by atoms with Crippen molar-refractivity contribution >= 4 is 18.4 Å². The van der Waals surface area contributed by atoms with E-state index in [0.717, 1.165) is 6.42 Å². The summed E-state index contributed by atoms with van der Waals surface area (Å²) in [5.41, 5.74) is 1.51. The molecule has 5 heteroatoms. The van der Waals surface area contributed by atoms with Crippen LogP contribution in [0.5, 0.6) is 0 Å². The standard InChI is InChI=1S/C19H19Si.3ClH.Ti/c1-16-10-9-15-19(16)20(2,17-11-5-3-6-12-17)18-13-7-4-8-14-18;;;;/h3-8,11-15H,9H2,1-2H3;3*1H;/q;;;;+3/p-3. The summed E-state index contributed by atoms with van der Waals surface area (Å²) in [6.45, 7) is 4.79. The van der Waals surface area contributed by atoms with E-state index in [1.807, 2.05) is 0 Å². The second kappa shape index (κ2) is 10.0. The van der Waals surface area contributed by atoms with Gasteiger partial charge >= 0.3 is 140 Å². The maximum Gasteiger partial charge on any atom is -1.00 e. The van der Waals surface area contributed by atoms with Gasteiger partial charge in [-0.2, -0.15) is 0 Å². The van der Waals surface area contributed by atoms with Crippen molar-refractivity contribution in [2.45, 2.75) is 19.9 Å². The summed E-state index contributed by atoms with van der Waals surface area (Å²) in [7, 11) is -1.87. The van der Waals surface area contributed by atoms with E-state index >= 15 is 0 Å². The first-order valence-electron chi connectivity index (χ1n) is 7.37. The molecule has 3 rings (SSSR count). The van der Waals surface area contributed by atoms with Gasteiger partial charge in [-0.15, -0.1) is 0 Å². The van der Waals surface area contributed by atoms with E-state index in [9.17, 15) is 0 Å². The van der Waals surface area contributed by atoms with Crippen molar-refractivity contribution in [2.24, 2.45) is 0 Å². The average Bonchev–Trinajstić information content (AvgIpc) is 2.88. The minimum Gasteiger partial charge on any atom is -1.00 e. The Morgan fingerprint density at radius 1 is 0.792 bits per heavy atom. The summed E-state index contributed by atoms with van der Waals surface area (Å²) in [6, 6.07) is 22.1. The van der Waals surface area contributed by atoms with Crippen molar-refractivity contribution in [3.8, 4) is 0 Å². The molecule has 0 amide bonds. The molecule has 0 N–H and O–H groups in total. The predicted molar refractivity (Wildman–Crippen MR) is 89.2 cm³/mol. The molecule has 124 valence electrons. The van der Waals surface area contributed by atoms with Gasteiger partial charge in [0, 0.05) is 0 Å². The Hall–Kier alpha value is -0.279. The zero-order valence-electron chi connectivity index (χ0n) is 13.7. The van der Waals surface area contributed by atoms with E-state index in [1.165, 1.54) is 19.8 Å². The fourth-order valence-electron chi connectivity index (χ4n) is 3.27. The monoisotopic (exact) mass is 428 g/mol. The zero-order chi connectivity index (χ0) is 14.9. The Morgan fingerprint density at radius 2 is 1.21 bits per heavy atom. The third-order valence-corrected chi connectivity index (χ3v) is 10.1. The Labute approximate surface area is 176 Å². The van der Waals surface area contributed by atoms with E-state index in [-0.39, 0.29) is 37.2 Å². The van der Waals surface area contributed by atoms with Gasteiger partial charge < -0.3 is 37.2 Å². The third kappa shape index (κ3) is 4.27. The van der Waals surface area contributed by atoms with Crippen LogP contribution in [0.25, 0.3) is 0 Å². The summed E-state index contributed by atoms with van der Waals surface area (Å²) < 4.78 is 1.52. The quantitative estimate of drug-likeness (QED) is 0.428. The molecule has 0 fully saturated rings. The van der Waals surface area contributed by atoms with Crippen molar-refractivity contribution in [2.75, 3.05) is 0 Å². The summed E-state index contributed by atoms with van der Waals surface area (Å²) in [6.07, 6.45) is 3.58. The largest absolute Gasteiger partial charge is 1.00 e. The summed E-state index contributed by atoms with van der Waals surface area (Å²) in [4.78, 5) is 0. The molecular weight excluding hydrogens is 411 g/mol. The van der Waals surface area contributed by atoms with Gasteiger partial charge in [0.05, 0.1) is 0 Å². The minimum atomic E-state index is -1.87. The molecule has 2 aromatic carbocycles. The van der Waals surface area contributed by atoms with Gasteiger partial charge in [0.1, 0.15) is 0 Å². The van der Waals surface area contributed by atoms with Gasteiger partial charge in [-0.1, -0.05) is 0 Å². The fourth-order valence-corrected chi connectivity index (χ4v) is 7.92. The van der Waals surface area contributed by atoms with E-state index in [4.69, 9.17) is 0 Å². The SMILES string of the molecule is CC1=[C]([Ti+3])CC=C1[Si](C)(c1ccccc1)c1ccccc1.[Cl-].[Cl-].[Cl-]. The molecule has 0 radical (unpaired) electrons. The molecular formula is C19H19Cl3SiTi. The van der Waals surface area contributed by atoms with Gasteiger partial charge in [-0.25, -0.2) is 0 Å². The van der Waals surface area contributed by atoms with Crippen molar-refractivity contribution in [3.63, 3.8) is 0 Å². The number of halogens is 3. The van der Waals surface area contributed by atoms with Crippen LogP contribution in [-0.2, 0) is 20.4 Å². The first-order valence-corrected chi connectivity index (χ1v) is 10.7. The molecule has 0 aromatic heterocycles. The van der Waals surface area contributed by atoms with Crippen LogP contribution < -0.4 is 47.6 Å². The molecule has 0 bridgehead atoms. The van der Waals surface area contributed by atoms with Crippen molar-refractivity contribution in [1.29, 1.82) is 0 Å². The predicted octanol–water partition coefficient (Wildman–Crippen LogP) is -5.42. The molecule has 0 heterocycles. The van der Waals surface area contributed by atoms with Crippen LogP contribution >= 0.6 is 0 Å². The molecule has 2 aromatic rings. The second-order valence-corrected chi connectivity index (χ2v) is 10.7. The van der Waals surface area contributed by atoms with E-state index in [1.54, 1.807) is 5.20 Å². The molecule has 0 atom stereocenters. The van der Waals surface area contributed by atoms with Crippen LogP contribution in [0.15, 0.2) is 81.4 Å². The Bertz CT molecular complexity index is 672. The van der Waals surface area contributed by atoms with E-state index in [2.05, 4.69) is 101 Å². The first kappa shape index (κ1) is 23.7. The maximum atomic E-state index is 2.49. The molecule has 24 heavy (non-hydrogen) atoms. The van der Waals surface area contributed by atoms with Gasteiger partial charge in [-0.3, -0.25) is 0 Å². The minimum absolute atomic E-state index is 0. The van der Waals surface area contributed by atoms with Crippen LogP contribution in [0.2, 0.25) is 6.55 Å². The van der Waals surface area contributed by atoms with E-state index < -0.39 is 8.07 Å². The van der Waals surface area contributed by atoms with Gasteiger partial charge in [-0.05, 0) is 0 Å². The number of hydrogen-bond acceptors (Lipinski definition) is 0. The fraction of sp³-hybridized carbons (Fsp3) is 0.158. The summed E-state index contributed by atoms with van der Waals surface area (Å²) in [5, 5.41) is 4.59. The number of hydrogen-bond donors (Lipinski definition) is 0. The number of benzene rings is 2. The van der Waals surface area contributed by atoms with Crippen LogP contribution in [0.3, 0.4) is 0 Å². The van der Waals surface area contributed by atoms with Gasteiger partial charge in [0.15, 0.2) is 0 Å². The number of rotatable bonds is 3. The molecule has 0 unspecified atom stereocenters. The molecule has 1 aliphatic carbocycles. The van der Waals surface area contributed by atoms with Gasteiger partial charge in [0.25, 0.3) is 0 Å². The zero-order valence-corrected chi connectivity index (χ0v) is 18.5. The topological polar surface area (TPSA) is 0 Å². The second-order valence-electron chi connectivity index (χ2n) is 5.78. The van der Waals surface area contributed by atoms with E-state index in [0.29, 0.717) is 0 Å². The van der Waals surface area contributed by atoms with Crippen molar-refractivity contribution < 1.29 is 57.7 Å². The third-order valence-electron chi connectivity index (χ3n) is 4.61. The Kier molecular flexibility index (Phi) is 9.90. The molecule has 0 saturated carbocycles. The summed E-state index contributed by atoms with van der Waals surface area (Å²) in [5.74, 6) is 0. The van der Waals surface area contributed by atoms with Crippen molar-refractivity contribution in [3.05, 3.63) is 81.4 Å². The van der Waals surface area contributed by atoms with Crippen LogP contribution in [-0.4, -0.2) is 8.07 Å². The maximum absolute atomic E-state index is 2.49. The average molecular weight is 430 g/mol. The van der Waals surface area contributed by atoms with Crippen molar-refractivity contribution in [1.82, 2.24) is 0 Å². The summed E-state index contributed by atoms with van der Waals surface area (Å²) >= 11 is 2.27. The molecule has 0 spiro atoms. The van der Waals surface area contributed by atoms with Crippen LogP contribution in [0.1, 0.15) is 13.3 Å². The van der Waals surface area contributed by atoms with Crippen LogP contribution in [0.4, 0.5) is 0 Å². The first-order chi connectivity index (χ1) is 10.1. The van der Waals surface area contributed by atoms with Gasteiger partial charge in [0.2, 0.25) is 0 Å². The normalized spacial score (nSPS) is 13.4.